The van der Waals surface area contributed by atoms with Crippen LogP contribution in [0.1, 0.15) is 61.9 Å². The molecule has 0 bridgehead atoms. The number of ether oxygens (including phenoxy) is 1. The molecule has 2 aromatic carbocycles. The van der Waals surface area contributed by atoms with Crippen molar-refractivity contribution in [1.29, 1.82) is 0 Å². The van der Waals surface area contributed by atoms with Crippen LogP contribution < -0.4 is 15.4 Å². The summed E-state index contributed by atoms with van der Waals surface area (Å²) in [6.45, 7) is 3.81. The molecule has 1 atom stereocenters. The third-order valence-electron chi connectivity index (χ3n) is 5.37. The highest BCUT2D eigenvalue weighted by Gasteiger charge is 2.18. The van der Waals surface area contributed by atoms with E-state index in [1.807, 2.05) is 24.3 Å². The average Bonchev–Trinajstić information content (AvgIpc) is 2.75. The van der Waals surface area contributed by atoms with E-state index in [0.29, 0.717) is 17.0 Å². The summed E-state index contributed by atoms with van der Waals surface area (Å²) in [6, 6.07) is 15.0. The van der Waals surface area contributed by atoms with E-state index in [-0.39, 0.29) is 17.9 Å². The Morgan fingerprint density at radius 2 is 1.66 bits per heavy atom. The third kappa shape index (κ3) is 6.08. The van der Waals surface area contributed by atoms with Crippen LogP contribution in [0, 0.1) is 0 Å². The molecule has 1 aliphatic carbocycles. The molecule has 0 aliphatic heterocycles. The second-order valence-electron chi connectivity index (χ2n) is 7.63. The summed E-state index contributed by atoms with van der Waals surface area (Å²) in [7, 11) is 0. The first kappa shape index (κ1) is 20.9. The number of hydrogen-bond donors (Lipinski definition) is 2. The fourth-order valence-corrected chi connectivity index (χ4v) is 3.53. The number of carbonyl (C=O) groups is 2. The summed E-state index contributed by atoms with van der Waals surface area (Å²) in [5.41, 5.74) is 2.47. The van der Waals surface area contributed by atoms with E-state index >= 15 is 0 Å². The Kier molecular flexibility index (Phi) is 7.28. The van der Waals surface area contributed by atoms with E-state index in [1.165, 1.54) is 24.8 Å². The van der Waals surface area contributed by atoms with E-state index in [2.05, 4.69) is 17.6 Å². The fourth-order valence-electron chi connectivity index (χ4n) is 3.53. The lowest BCUT2D eigenvalue weighted by molar-refractivity contribution is -0.122. The van der Waals surface area contributed by atoms with E-state index in [9.17, 15) is 9.59 Å². The number of nitrogens with one attached hydrogen (secondary N) is 2. The molecule has 0 heterocycles. The van der Waals surface area contributed by atoms with Crippen molar-refractivity contribution in [2.75, 3.05) is 5.32 Å². The number of rotatable bonds is 7. The molecular formula is C24H30N2O3. The van der Waals surface area contributed by atoms with Gasteiger partial charge in [0.15, 0.2) is 6.10 Å². The maximum absolute atomic E-state index is 12.4. The van der Waals surface area contributed by atoms with Gasteiger partial charge in [0.1, 0.15) is 5.75 Å². The lowest BCUT2D eigenvalue weighted by Gasteiger charge is -2.22. The Labute approximate surface area is 172 Å². The second kappa shape index (κ2) is 10.1. The summed E-state index contributed by atoms with van der Waals surface area (Å²) >= 11 is 0. The number of carbonyl (C=O) groups excluding carboxylic acids is 2. The van der Waals surface area contributed by atoms with Crippen molar-refractivity contribution in [2.24, 2.45) is 0 Å². The maximum atomic E-state index is 12.4. The van der Waals surface area contributed by atoms with Gasteiger partial charge in [-0.2, -0.15) is 0 Å². The van der Waals surface area contributed by atoms with Gasteiger partial charge in [0, 0.05) is 17.3 Å². The maximum Gasteiger partial charge on any atom is 0.265 e. The van der Waals surface area contributed by atoms with Crippen LogP contribution in [0.5, 0.6) is 5.75 Å². The molecule has 0 spiro atoms. The molecule has 3 rings (SSSR count). The van der Waals surface area contributed by atoms with Crippen LogP contribution in [0.4, 0.5) is 5.69 Å². The first-order chi connectivity index (χ1) is 14.0. The predicted octanol–water partition coefficient (Wildman–Crippen LogP) is 4.72. The summed E-state index contributed by atoms with van der Waals surface area (Å²) in [5, 5.41) is 5.94. The molecule has 1 aliphatic rings. The van der Waals surface area contributed by atoms with E-state index < -0.39 is 6.10 Å². The quantitative estimate of drug-likeness (QED) is 0.714. The number of hydrogen-bond acceptors (Lipinski definition) is 3. The number of anilines is 1. The smallest absolute Gasteiger partial charge is 0.265 e. The van der Waals surface area contributed by atoms with Gasteiger partial charge in [-0.1, -0.05) is 38.3 Å². The van der Waals surface area contributed by atoms with Gasteiger partial charge in [-0.25, -0.2) is 0 Å². The van der Waals surface area contributed by atoms with Crippen LogP contribution in [0.25, 0.3) is 0 Å². The van der Waals surface area contributed by atoms with E-state index in [0.717, 1.165) is 19.3 Å². The summed E-state index contributed by atoms with van der Waals surface area (Å²) in [6.07, 6.45) is 6.06. The Morgan fingerprint density at radius 1 is 1.00 bits per heavy atom. The van der Waals surface area contributed by atoms with Crippen LogP contribution in [0.3, 0.4) is 0 Å². The van der Waals surface area contributed by atoms with Gasteiger partial charge in [-0.05, 0) is 68.1 Å². The second-order valence-corrected chi connectivity index (χ2v) is 7.63. The molecule has 1 saturated carbocycles. The van der Waals surface area contributed by atoms with Crippen LogP contribution in [0.15, 0.2) is 48.5 Å². The molecule has 5 nitrogen and oxygen atoms in total. The standard InChI is InChI=1S/C24H30N2O3/c1-3-18-9-15-22(16-10-18)29-17(2)23(27)25-21-13-11-19(12-14-21)24(28)26-20-7-5-4-6-8-20/h9-17,20H,3-8H2,1-2H3,(H,25,27)(H,26,28). The molecule has 1 fully saturated rings. The first-order valence-corrected chi connectivity index (χ1v) is 10.5. The lowest BCUT2D eigenvalue weighted by Crippen LogP contribution is -2.36. The van der Waals surface area contributed by atoms with Crippen LogP contribution in [-0.4, -0.2) is 24.0 Å². The van der Waals surface area contributed by atoms with Gasteiger partial charge in [-0.15, -0.1) is 0 Å². The van der Waals surface area contributed by atoms with Crippen LogP contribution in [-0.2, 0) is 11.2 Å². The highest BCUT2D eigenvalue weighted by atomic mass is 16.5. The largest absolute Gasteiger partial charge is 0.481 e. The normalized spacial score (nSPS) is 15.4. The van der Waals surface area contributed by atoms with Gasteiger partial charge < -0.3 is 15.4 Å². The number of benzene rings is 2. The van der Waals surface area contributed by atoms with E-state index in [1.54, 1.807) is 31.2 Å². The minimum Gasteiger partial charge on any atom is -0.481 e. The molecule has 2 amide bonds. The molecule has 2 N–H and O–H groups in total. The summed E-state index contributed by atoms with van der Waals surface area (Å²) in [4.78, 5) is 24.8. The van der Waals surface area contributed by atoms with Crippen molar-refractivity contribution >= 4 is 17.5 Å². The van der Waals surface area contributed by atoms with Crippen molar-refractivity contribution in [1.82, 2.24) is 5.32 Å². The van der Waals surface area contributed by atoms with Gasteiger partial charge in [0.05, 0.1) is 0 Å². The van der Waals surface area contributed by atoms with Gasteiger partial charge >= 0.3 is 0 Å². The zero-order chi connectivity index (χ0) is 20.6. The van der Waals surface area contributed by atoms with Crippen molar-refractivity contribution in [3.8, 4) is 5.75 Å². The van der Waals surface area contributed by atoms with Crippen molar-refractivity contribution < 1.29 is 14.3 Å². The molecule has 0 aromatic heterocycles. The molecule has 0 saturated heterocycles. The monoisotopic (exact) mass is 394 g/mol. The molecular weight excluding hydrogens is 364 g/mol. The highest BCUT2D eigenvalue weighted by molar-refractivity contribution is 5.97. The van der Waals surface area contributed by atoms with Gasteiger partial charge in [0.25, 0.3) is 11.8 Å². The Balaban J connectivity index is 1.51. The Morgan fingerprint density at radius 3 is 2.28 bits per heavy atom. The Hall–Kier alpha value is -2.82. The first-order valence-electron chi connectivity index (χ1n) is 10.5. The van der Waals surface area contributed by atoms with Crippen LogP contribution in [0.2, 0.25) is 0 Å². The van der Waals surface area contributed by atoms with Crippen molar-refractivity contribution in [3.05, 3.63) is 59.7 Å². The number of aryl methyl sites for hydroxylation is 1. The number of amides is 2. The summed E-state index contributed by atoms with van der Waals surface area (Å²) in [5.74, 6) is 0.380. The SMILES string of the molecule is CCc1ccc(OC(C)C(=O)Nc2ccc(C(=O)NC3CCCCC3)cc2)cc1. The third-order valence-corrected chi connectivity index (χ3v) is 5.37. The fraction of sp³-hybridized carbons (Fsp3) is 0.417. The molecule has 5 heteroatoms. The zero-order valence-electron chi connectivity index (χ0n) is 17.2. The average molecular weight is 395 g/mol. The van der Waals surface area contributed by atoms with Crippen molar-refractivity contribution in [2.45, 2.75) is 64.5 Å². The minimum absolute atomic E-state index is 0.0537. The molecule has 0 radical (unpaired) electrons. The lowest BCUT2D eigenvalue weighted by atomic mass is 9.95. The Bertz CT molecular complexity index is 809. The van der Waals surface area contributed by atoms with E-state index in [4.69, 9.17) is 4.74 Å². The van der Waals surface area contributed by atoms with Gasteiger partial charge in [-0.3, -0.25) is 9.59 Å². The van der Waals surface area contributed by atoms with Crippen LogP contribution >= 0.6 is 0 Å². The van der Waals surface area contributed by atoms with Crippen molar-refractivity contribution in [3.63, 3.8) is 0 Å². The van der Waals surface area contributed by atoms with Gasteiger partial charge in [0.2, 0.25) is 0 Å². The topological polar surface area (TPSA) is 67.4 Å². The summed E-state index contributed by atoms with van der Waals surface area (Å²) < 4.78 is 5.72. The molecule has 29 heavy (non-hydrogen) atoms. The predicted molar refractivity (Wildman–Crippen MR) is 115 cm³/mol. The molecule has 2 aromatic rings. The molecule has 154 valence electrons. The highest BCUT2D eigenvalue weighted by Crippen LogP contribution is 2.19. The molecule has 1 unspecified atom stereocenters. The minimum atomic E-state index is -0.628. The zero-order valence-corrected chi connectivity index (χ0v) is 17.2.